The molecule has 1 aromatic carbocycles. The van der Waals surface area contributed by atoms with E-state index in [2.05, 4.69) is 0 Å². The molecule has 0 unspecified atom stereocenters. The molecule has 4 heteroatoms. The molecule has 2 rings (SSSR count). The first-order chi connectivity index (χ1) is 9.91. The number of amides is 1. The summed E-state index contributed by atoms with van der Waals surface area (Å²) in [6, 6.07) is 9.77. The summed E-state index contributed by atoms with van der Waals surface area (Å²) in [7, 11) is 0. The zero-order valence-corrected chi connectivity index (χ0v) is 12.8. The normalized spacial score (nSPS) is 16.9. The van der Waals surface area contributed by atoms with Crippen molar-refractivity contribution < 1.29 is 14.3 Å². The molecule has 0 aromatic heterocycles. The van der Waals surface area contributed by atoms with E-state index in [4.69, 9.17) is 4.74 Å². The topological polar surface area (TPSA) is 46.6 Å². The summed E-state index contributed by atoms with van der Waals surface area (Å²) in [6.45, 7) is 6.61. The molecular weight excluding hydrogens is 266 g/mol. The predicted molar refractivity (Wildman–Crippen MR) is 80.4 cm³/mol. The summed E-state index contributed by atoms with van der Waals surface area (Å²) < 4.78 is 5.68. The maximum absolute atomic E-state index is 12.5. The van der Waals surface area contributed by atoms with Crippen molar-refractivity contribution in [1.29, 1.82) is 0 Å². The van der Waals surface area contributed by atoms with Gasteiger partial charge < -0.3 is 9.64 Å². The van der Waals surface area contributed by atoms with Crippen molar-refractivity contribution in [2.75, 3.05) is 6.54 Å². The molecular formula is C17H21NO3. The number of hydrogen-bond donors (Lipinski definition) is 0. The SMILES string of the molecule is CCN(Cc1ccccc1)C(=O)C1=CC(=O)CC(C)(C)O1. The lowest BCUT2D eigenvalue weighted by Crippen LogP contribution is -2.39. The molecule has 0 bridgehead atoms. The Morgan fingerprint density at radius 1 is 1.29 bits per heavy atom. The van der Waals surface area contributed by atoms with Crippen molar-refractivity contribution in [3.05, 3.63) is 47.7 Å². The van der Waals surface area contributed by atoms with Gasteiger partial charge in [0.15, 0.2) is 11.5 Å². The van der Waals surface area contributed by atoms with Crippen molar-refractivity contribution in [1.82, 2.24) is 4.90 Å². The van der Waals surface area contributed by atoms with Crippen LogP contribution in [-0.2, 0) is 20.9 Å². The maximum Gasteiger partial charge on any atom is 0.289 e. The van der Waals surface area contributed by atoms with Crippen LogP contribution >= 0.6 is 0 Å². The van der Waals surface area contributed by atoms with Gasteiger partial charge in [-0.05, 0) is 26.3 Å². The molecule has 1 heterocycles. The Balaban J connectivity index is 2.15. The van der Waals surface area contributed by atoms with Crippen LogP contribution < -0.4 is 0 Å². The maximum atomic E-state index is 12.5. The van der Waals surface area contributed by atoms with Crippen LogP contribution in [0.1, 0.15) is 32.8 Å². The molecule has 1 aliphatic rings. The minimum absolute atomic E-state index is 0.0645. The van der Waals surface area contributed by atoms with Gasteiger partial charge in [0.1, 0.15) is 5.60 Å². The van der Waals surface area contributed by atoms with E-state index in [1.165, 1.54) is 6.08 Å². The Morgan fingerprint density at radius 3 is 2.52 bits per heavy atom. The van der Waals surface area contributed by atoms with Crippen LogP contribution in [0.25, 0.3) is 0 Å². The second-order valence-corrected chi connectivity index (χ2v) is 5.82. The second-order valence-electron chi connectivity index (χ2n) is 5.82. The highest BCUT2D eigenvalue weighted by molar-refractivity contribution is 6.01. The van der Waals surface area contributed by atoms with Crippen LogP contribution in [0, 0.1) is 0 Å². The standard InChI is InChI=1S/C17H21NO3/c1-4-18(12-13-8-6-5-7-9-13)16(20)15-10-14(19)11-17(2,3)21-15/h5-10H,4,11-12H2,1-3H3. The lowest BCUT2D eigenvalue weighted by molar-refractivity contribution is -0.138. The van der Waals surface area contributed by atoms with Gasteiger partial charge in [-0.25, -0.2) is 0 Å². The summed E-state index contributed by atoms with van der Waals surface area (Å²) in [5.41, 5.74) is 0.429. The molecule has 0 aliphatic carbocycles. The van der Waals surface area contributed by atoms with Gasteiger partial charge in [-0.15, -0.1) is 0 Å². The summed E-state index contributed by atoms with van der Waals surface area (Å²) in [6.07, 6.45) is 1.62. The summed E-state index contributed by atoms with van der Waals surface area (Å²) in [5.74, 6) is -0.151. The molecule has 0 spiro atoms. The van der Waals surface area contributed by atoms with Crippen LogP contribution in [0.3, 0.4) is 0 Å². The molecule has 112 valence electrons. The number of hydrogen-bond acceptors (Lipinski definition) is 3. The van der Waals surface area contributed by atoms with Crippen LogP contribution in [-0.4, -0.2) is 28.7 Å². The molecule has 0 saturated heterocycles. The Morgan fingerprint density at radius 2 is 1.95 bits per heavy atom. The quantitative estimate of drug-likeness (QED) is 0.855. The highest BCUT2D eigenvalue weighted by Gasteiger charge is 2.33. The van der Waals surface area contributed by atoms with Gasteiger partial charge in [0.05, 0.1) is 0 Å². The number of nitrogens with zero attached hydrogens (tertiary/aromatic N) is 1. The van der Waals surface area contributed by atoms with Crippen molar-refractivity contribution in [2.24, 2.45) is 0 Å². The molecule has 0 fully saturated rings. The molecule has 1 aliphatic heterocycles. The first-order valence-corrected chi connectivity index (χ1v) is 7.18. The number of carbonyl (C=O) groups excluding carboxylic acids is 2. The van der Waals surface area contributed by atoms with Crippen molar-refractivity contribution >= 4 is 11.7 Å². The van der Waals surface area contributed by atoms with Crippen LogP contribution in [0.5, 0.6) is 0 Å². The van der Waals surface area contributed by atoms with E-state index < -0.39 is 5.60 Å². The first kappa shape index (κ1) is 15.3. The number of carbonyl (C=O) groups is 2. The fourth-order valence-corrected chi connectivity index (χ4v) is 2.37. The van der Waals surface area contributed by atoms with Gasteiger partial charge >= 0.3 is 0 Å². The van der Waals surface area contributed by atoms with Crippen LogP contribution in [0.2, 0.25) is 0 Å². The fraction of sp³-hybridized carbons (Fsp3) is 0.412. The van der Waals surface area contributed by atoms with Crippen molar-refractivity contribution in [2.45, 2.75) is 39.3 Å². The first-order valence-electron chi connectivity index (χ1n) is 7.18. The molecule has 4 nitrogen and oxygen atoms in total. The Bertz CT molecular complexity index is 561. The minimum atomic E-state index is -0.622. The number of likely N-dealkylation sites (N-methyl/N-ethyl adjacent to an activating group) is 1. The fourth-order valence-electron chi connectivity index (χ4n) is 2.37. The Hall–Kier alpha value is -2.10. The van der Waals surface area contributed by atoms with Crippen LogP contribution in [0.4, 0.5) is 0 Å². The van der Waals surface area contributed by atoms with E-state index in [0.717, 1.165) is 5.56 Å². The smallest absolute Gasteiger partial charge is 0.289 e. The Kier molecular flexibility index (Phi) is 4.46. The Labute approximate surface area is 125 Å². The number of ketones is 1. The van der Waals surface area contributed by atoms with Crippen molar-refractivity contribution in [3.8, 4) is 0 Å². The average molecular weight is 287 g/mol. The molecule has 0 atom stereocenters. The third kappa shape index (κ3) is 3.94. The largest absolute Gasteiger partial charge is 0.481 e. The van der Waals surface area contributed by atoms with E-state index in [9.17, 15) is 9.59 Å². The monoisotopic (exact) mass is 287 g/mol. The predicted octanol–water partition coefficient (Wildman–Crippen LogP) is 2.69. The van der Waals surface area contributed by atoms with Gasteiger partial charge in [0.2, 0.25) is 0 Å². The molecule has 0 radical (unpaired) electrons. The van der Waals surface area contributed by atoms with E-state index in [-0.39, 0.29) is 17.4 Å². The lowest BCUT2D eigenvalue weighted by atomic mass is 9.98. The van der Waals surface area contributed by atoms with Gasteiger partial charge in [-0.1, -0.05) is 30.3 Å². The third-order valence-corrected chi connectivity index (χ3v) is 3.37. The zero-order valence-electron chi connectivity index (χ0n) is 12.8. The lowest BCUT2D eigenvalue weighted by Gasteiger charge is -2.32. The number of rotatable bonds is 4. The van der Waals surface area contributed by atoms with Gasteiger partial charge in [-0.2, -0.15) is 0 Å². The molecule has 0 N–H and O–H groups in total. The van der Waals surface area contributed by atoms with Crippen LogP contribution in [0.15, 0.2) is 42.2 Å². The third-order valence-electron chi connectivity index (χ3n) is 3.37. The number of ether oxygens (including phenoxy) is 1. The van der Waals surface area contributed by atoms with E-state index in [1.54, 1.807) is 4.90 Å². The van der Waals surface area contributed by atoms with Gasteiger partial charge in [-0.3, -0.25) is 9.59 Å². The molecule has 0 saturated carbocycles. The summed E-state index contributed by atoms with van der Waals surface area (Å²) in [5, 5.41) is 0. The zero-order chi connectivity index (χ0) is 15.5. The van der Waals surface area contributed by atoms with E-state index in [0.29, 0.717) is 19.5 Å². The van der Waals surface area contributed by atoms with Gasteiger partial charge in [0.25, 0.3) is 5.91 Å². The average Bonchev–Trinajstić information content (AvgIpc) is 2.43. The second kappa shape index (κ2) is 6.12. The van der Waals surface area contributed by atoms with E-state index >= 15 is 0 Å². The molecule has 21 heavy (non-hydrogen) atoms. The van der Waals surface area contributed by atoms with Crippen molar-refractivity contribution in [3.63, 3.8) is 0 Å². The van der Waals surface area contributed by atoms with Gasteiger partial charge in [0, 0.05) is 25.6 Å². The van der Waals surface area contributed by atoms with E-state index in [1.807, 2.05) is 51.1 Å². The highest BCUT2D eigenvalue weighted by atomic mass is 16.5. The highest BCUT2D eigenvalue weighted by Crippen LogP contribution is 2.26. The molecule has 1 aromatic rings. The molecule has 1 amide bonds. The summed E-state index contributed by atoms with van der Waals surface area (Å²) >= 11 is 0. The minimum Gasteiger partial charge on any atom is -0.481 e. The number of allylic oxidation sites excluding steroid dienone is 1. The summed E-state index contributed by atoms with van der Waals surface area (Å²) in [4.78, 5) is 26.0. The number of benzene rings is 1.